The minimum absolute atomic E-state index is 0.702. The molecule has 26 heavy (non-hydrogen) atoms. The van der Waals surface area contributed by atoms with E-state index in [4.69, 9.17) is 14.6 Å². The molecule has 2 aromatic carbocycles. The molecule has 0 aliphatic rings. The van der Waals surface area contributed by atoms with Gasteiger partial charge in [-0.25, -0.2) is 0 Å². The topological polar surface area (TPSA) is 61.5 Å². The molecule has 0 radical (unpaired) electrons. The maximum Gasteiger partial charge on any atom is 0.235 e. The monoisotopic (exact) mass is 384 g/mol. The third-order valence-corrected chi connectivity index (χ3v) is 5.75. The second kappa shape index (κ2) is 7.35. The molecular weight excluding hydrogens is 368 g/mol. The summed E-state index contributed by atoms with van der Waals surface area (Å²) in [6, 6.07) is 15.9. The fourth-order valence-electron chi connectivity index (χ4n) is 2.50. The molecule has 6 nitrogen and oxygen atoms in total. The van der Waals surface area contributed by atoms with Gasteiger partial charge in [0.25, 0.3) is 0 Å². The lowest BCUT2D eigenvalue weighted by molar-refractivity contribution is 0.395. The van der Waals surface area contributed by atoms with Gasteiger partial charge >= 0.3 is 0 Å². The Morgan fingerprint density at radius 1 is 1.04 bits per heavy atom. The first-order valence-electron chi connectivity index (χ1n) is 7.90. The maximum absolute atomic E-state index is 5.49. The highest BCUT2D eigenvalue weighted by Gasteiger charge is 2.16. The van der Waals surface area contributed by atoms with Crippen LogP contribution < -0.4 is 9.47 Å². The number of methoxy groups -OCH3 is 2. The molecule has 0 saturated carbocycles. The second-order valence-electron chi connectivity index (χ2n) is 5.39. The van der Waals surface area contributed by atoms with Crippen LogP contribution >= 0.6 is 23.1 Å². The van der Waals surface area contributed by atoms with E-state index in [0.29, 0.717) is 5.75 Å². The van der Waals surface area contributed by atoms with Gasteiger partial charge in [-0.3, -0.25) is 0 Å². The van der Waals surface area contributed by atoms with Crippen molar-refractivity contribution in [3.05, 3.63) is 54.4 Å². The van der Waals surface area contributed by atoms with Crippen molar-refractivity contribution < 1.29 is 9.47 Å². The van der Waals surface area contributed by atoms with Gasteiger partial charge in [-0.2, -0.15) is 9.61 Å². The first-order chi connectivity index (χ1) is 12.8. The van der Waals surface area contributed by atoms with Gasteiger partial charge in [0.05, 0.1) is 25.5 Å². The van der Waals surface area contributed by atoms with Crippen molar-refractivity contribution in [2.75, 3.05) is 14.2 Å². The lowest BCUT2D eigenvalue weighted by atomic mass is 10.2. The van der Waals surface area contributed by atoms with Crippen molar-refractivity contribution in [1.82, 2.24) is 19.8 Å². The molecule has 0 aliphatic carbocycles. The van der Waals surface area contributed by atoms with Crippen LogP contribution in [0.5, 0.6) is 11.5 Å². The summed E-state index contributed by atoms with van der Waals surface area (Å²) in [6.45, 7) is 0. The number of rotatable bonds is 6. The molecule has 2 heterocycles. The molecule has 132 valence electrons. The summed E-state index contributed by atoms with van der Waals surface area (Å²) >= 11 is 3.19. The highest BCUT2D eigenvalue weighted by molar-refractivity contribution is 7.98. The summed E-state index contributed by atoms with van der Waals surface area (Å²) in [5.41, 5.74) is 0.908. The Kier molecular flexibility index (Phi) is 4.77. The highest BCUT2D eigenvalue weighted by atomic mass is 32.2. The van der Waals surface area contributed by atoms with E-state index >= 15 is 0 Å². The van der Waals surface area contributed by atoms with Crippen LogP contribution in [0, 0.1) is 0 Å². The minimum Gasteiger partial charge on any atom is -0.497 e. The molecule has 0 spiro atoms. The van der Waals surface area contributed by atoms with Crippen molar-refractivity contribution in [2.24, 2.45) is 0 Å². The summed E-state index contributed by atoms with van der Waals surface area (Å²) in [5, 5.41) is 14.0. The predicted octanol–water partition coefficient (Wildman–Crippen LogP) is 4.16. The second-order valence-corrected chi connectivity index (χ2v) is 7.39. The van der Waals surface area contributed by atoms with Crippen LogP contribution in [0.25, 0.3) is 15.5 Å². The maximum atomic E-state index is 5.49. The van der Waals surface area contributed by atoms with Crippen molar-refractivity contribution in [1.29, 1.82) is 0 Å². The summed E-state index contributed by atoms with van der Waals surface area (Å²) in [4.78, 5) is 1.96. The Labute approximate surface area is 158 Å². The highest BCUT2D eigenvalue weighted by Crippen LogP contribution is 2.35. The lowest BCUT2D eigenvalue weighted by Crippen LogP contribution is -1.95. The zero-order valence-electron chi connectivity index (χ0n) is 14.2. The number of aromatic nitrogens is 4. The number of thioether (sulfide) groups is 1. The third kappa shape index (κ3) is 3.25. The van der Waals surface area contributed by atoms with Gasteiger partial charge in [-0.1, -0.05) is 29.5 Å². The summed E-state index contributed by atoms with van der Waals surface area (Å²) < 4.78 is 12.6. The first kappa shape index (κ1) is 16.9. The standard InChI is InChI=1S/C18H16N4O2S2/c1-23-12-8-9-14(15(10-12)24-2)17-21-22-16(19-20-18(22)26-17)11-25-13-6-4-3-5-7-13/h3-10H,11H2,1-2H3. The molecule has 0 unspecified atom stereocenters. The van der Waals surface area contributed by atoms with Crippen LogP contribution in [0.15, 0.2) is 53.4 Å². The van der Waals surface area contributed by atoms with Gasteiger partial charge in [0.2, 0.25) is 4.96 Å². The van der Waals surface area contributed by atoms with E-state index in [1.807, 2.05) is 36.4 Å². The van der Waals surface area contributed by atoms with E-state index in [1.165, 1.54) is 16.2 Å². The van der Waals surface area contributed by atoms with Crippen LogP contribution in [0.3, 0.4) is 0 Å². The average Bonchev–Trinajstić information content (AvgIpc) is 3.27. The first-order valence-corrected chi connectivity index (χ1v) is 9.70. The largest absolute Gasteiger partial charge is 0.497 e. The number of hydrogen-bond donors (Lipinski definition) is 0. The van der Waals surface area contributed by atoms with Gasteiger partial charge < -0.3 is 9.47 Å². The molecule has 0 saturated heterocycles. The van der Waals surface area contributed by atoms with Crippen LogP contribution in [-0.2, 0) is 5.75 Å². The van der Waals surface area contributed by atoms with E-state index in [-0.39, 0.29) is 0 Å². The van der Waals surface area contributed by atoms with Gasteiger partial charge in [-0.15, -0.1) is 22.0 Å². The van der Waals surface area contributed by atoms with E-state index in [0.717, 1.165) is 32.9 Å². The molecule has 0 amide bonds. The molecule has 0 aliphatic heterocycles. The number of fused-ring (bicyclic) bond motifs is 1. The van der Waals surface area contributed by atoms with E-state index in [2.05, 4.69) is 22.3 Å². The quantitative estimate of drug-likeness (QED) is 0.465. The molecule has 0 atom stereocenters. The molecule has 2 aromatic heterocycles. The summed E-state index contributed by atoms with van der Waals surface area (Å²) in [5.74, 6) is 2.99. The van der Waals surface area contributed by atoms with Crippen molar-refractivity contribution in [3.8, 4) is 22.1 Å². The van der Waals surface area contributed by atoms with Gasteiger partial charge in [0.15, 0.2) is 10.8 Å². The van der Waals surface area contributed by atoms with Crippen LogP contribution in [-0.4, -0.2) is 34.0 Å². The fraction of sp³-hybridized carbons (Fsp3) is 0.167. The Morgan fingerprint density at radius 2 is 1.88 bits per heavy atom. The molecule has 4 aromatic rings. The van der Waals surface area contributed by atoms with Gasteiger partial charge in [-0.05, 0) is 24.3 Å². The number of nitrogens with zero attached hydrogens (tertiary/aromatic N) is 4. The lowest BCUT2D eigenvalue weighted by Gasteiger charge is -2.07. The zero-order chi connectivity index (χ0) is 17.9. The van der Waals surface area contributed by atoms with Gasteiger partial charge in [0.1, 0.15) is 11.5 Å². The Morgan fingerprint density at radius 3 is 2.65 bits per heavy atom. The molecular formula is C18H16N4O2S2. The summed E-state index contributed by atoms with van der Waals surface area (Å²) in [7, 11) is 3.27. The van der Waals surface area contributed by atoms with Crippen molar-refractivity contribution in [3.63, 3.8) is 0 Å². The minimum atomic E-state index is 0.702. The van der Waals surface area contributed by atoms with Crippen molar-refractivity contribution in [2.45, 2.75) is 10.6 Å². The third-order valence-electron chi connectivity index (χ3n) is 3.81. The van der Waals surface area contributed by atoms with Crippen LogP contribution in [0.2, 0.25) is 0 Å². The number of benzene rings is 2. The summed E-state index contributed by atoms with van der Waals surface area (Å²) in [6.07, 6.45) is 0. The van der Waals surface area contributed by atoms with Crippen LogP contribution in [0.1, 0.15) is 5.82 Å². The Hall–Kier alpha value is -2.58. The van der Waals surface area contributed by atoms with Gasteiger partial charge in [0, 0.05) is 11.0 Å². The smallest absolute Gasteiger partial charge is 0.235 e. The molecule has 0 bridgehead atoms. The van der Waals surface area contributed by atoms with E-state index < -0.39 is 0 Å². The predicted molar refractivity (Wildman–Crippen MR) is 103 cm³/mol. The normalized spacial score (nSPS) is 11.0. The Balaban J connectivity index is 1.64. The molecule has 8 heteroatoms. The SMILES string of the molecule is COc1ccc(-c2nn3c(CSc4ccccc4)nnc3s2)c(OC)c1. The molecule has 0 fully saturated rings. The van der Waals surface area contributed by atoms with Crippen LogP contribution in [0.4, 0.5) is 0 Å². The van der Waals surface area contributed by atoms with E-state index in [9.17, 15) is 0 Å². The Bertz CT molecular complexity index is 1030. The fourth-order valence-corrected chi connectivity index (χ4v) is 4.21. The average molecular weight is 384 g/mol. The number of ether oxygens (including phenoxy) is 2. The van der Waals surface area contributed by atoms with E-state index in [1.54, 1.807) is 30.5 Å². The molecule has 4 rings (SSSR count). The molecule has 0 N–H and O–H groups in total. The number of hydrogen-bond acceptors (Lipinski definition) is 7. The zero-order valence-corrected chi connectivity index (χ0v) is 15.9. The van der Waals surface area contributed by atoms with Crippen molar-refractivity contribution >= 4 is 28.1 Å².